The molecule has 0 aliphatic carbocycles. The number of pyridine rings is 1. The third-order valence-corrected chi connectivity index (χ3v) is 8.72. The van der Waals surface area contributed by atoms with Crippen molar-refractivity contribution in [1.82, 2.24) is 15.0 Å². The van der Waals surface area contributed by atoms with Gasteiger partial charge >= 0.3 is 0 Å². The molecule has 2 saturated heterocycles. The third-order valence-electron chi connectivity index (χ3n) is 7.64. The van der Waals surface area contributed by atoms with Crippen molar-refractivity contribution in [1.29, 1.82) is 0 Å². The topological polar surface area (TPSA) is 110 Å². The molecule has 5 rings (SSSR count). The van der Waals surface area contributed by atoms with Gasteiger partial charge in [0, 0.05) is 69.5 Å². The van der Waals surface area contributed by atoms with Gasteiger partial charge in [-0.2, -0.15) is 4.98 Å². The molecule has 2 aromatic heterocycles. The molecule has 0 spiro atoms. The van der Waals surface area contributed by atoms with E-state index in [0.717, 1.165) is 16.5 Å². The molecule has 0 saturated carbocycles. The maximum atomic E-state index is 14.8. The van der Waals surface area contributed by atoms with Crippen LogP contribution in [0.2, 0.25) is 0 Å². The fraction of sp³-hybridized carbons (Fsp3) is 0.536. The van der Waals surface area contributed by atoms with Gasteiger partial charge in [0.2, 0.25) is 5.95 Å². The highest BCUT2D eigenvalue weighted by molar-refractivity contribution is 7.90. The molecule has 1 aromatic carbocycles. The van der Waals surface area contributed by atoms with Crippen LogP contribution >= 0.6 is 0 Å². The maximum Gasteiger partial charge on any atom is 0.227 e. The van der Waals surface area contributed by atoms with Crippen molar-refractivity contribution in [2.75, 3.05) is 67.5 Å². The lowest BCUT2D eigenvalue weighted by Gasteiger charge is -2.41. The number of sulfone groups is 1. The van der Waals surface area contributed by atoms with E-state index in [-0.39, 0.29) is 18.2 Å². The number of methoxy groups -OCH3 is 2. The van der Waals surface area contributed by atoms with Gasteiger partial charge in [0.1, 0.15) is 39.9 Å². The Balaban J connectivity index is 1.38. The number of nitrogens with one attached hydrogen (secondary N) is 1. The number of anilines is 4. The molecule has 2 aliphatic heterocycles. The van der Waals surface area contributed by atoms with Crippen molar-refractivity contribution in [2.24, 2.45) is 5.92 Å². The van der Waals surface area contributed by atoms with Gasteiger partial charge in [-0.15, -0.1) is 0 Å². The number of rotatable bonds is 9. The minimum Gasteiger partial charge on any atom is -0.377 e. The smallest absolute Gasteiger partial charge is 0.227 e. The lowest BCUT2D eigenvalue weighted by Crippen LogP contribution is -2.55. The molecule has 0 radical (unpaired) electrons. The predicted octanol–water partition coefficient (Wildman–Crippen LogP) is 3.56. The Kier molecular flexibility index (Phi) is 8.12. The molecule has 0 bridgehead atoms. The molecular weight excluding hydrogens is 535 g/mol. The van der Waals surface area contributed by atoms with Crippen LogP contribution in [0.3, 0.4) is 0 Å². The number of benzene rings is 1. The lowest BCUT2D eigenvalue weighted by molar-refractivity contribution is -0.0794. The summed E-state index contributed by atoms with van der Waals surface area (Å²) >= 11 is 0. The maximum absolute atomic E-state index is 14.8. The second-order valence-corrected chi connectivity index (χ2v) is 13.3. The number of alkyl halides is 1. The quantitative estimate of drug-likeness (QED) is 0.409. The van der Waals surface area contributed by atoms with Crippen molar-refractivity contribution in [2.45, 2.75) is 38.1 Å². The van der Waals surface area contributed by atoms with Crippen LogP contribution in [-0.4, -0.2) is 94.2 Å². The number of hydrogen-bond acceptors (Lipinski definition) is 10. The summed E-state index contributed by atoms with van der Waals surface area (Å²) in [5, 5.41) is 5.39. The summed E-state index contributed by atoms with van der Waals surface area (Å²) in [6.45, 7) is 6.24. The molecule has 4 heterocycles. The number of fused-ring (bicyclic) bond motifs is 1. The highest BCUT2D eigenvalue weighted by Crippen LogP contribution is 2.37. The number of nitrogens with zero attached hydrogens (tertiary/aromatic N) is 5. The van der Waals surface area contributed by atoms with Crippen LogP contribution in [0.5, 0.6) is 0 Å². The number of hydrogen-bond donors (Lipinski definition) is 1. The van der Waals surface area contributed by atoms with Crippen LogP contribution in [0.15, 0.2) is 36.7 Å². The molecular formula is C28H37FN6O4S. The van der Waals surface area contributed by atoms with Gasteiger partial charge < -0.3 is 24.6 Å². The second-order valence-electron chi connectivity index (χ2n) is 11.1. The average molecular weight is 573 g/mol. The van der Waals surface area contributed by atoms with E-state index in [4.69, 9.17) is 9.47 Å². The first-order valence-electron chi connectivity index (χ1n) is 13.5. The molecule has 0 amide bonds. The zero-order chi connectivity index (χ0) is 28.6. The van der Waals surface area contributed by atoms with E-state index in [0.29, 0.717) is 43.1 Å². The fourth-order valence-electron chi connectivity index (χ4n) is 5.71. The van der Waals surface area contributed by atoms with Gasteiger partial charge in [0.05, 0.1) is 12.3 Å². The van der Waals surface area contributed by atoms with Gasteiger partial charge in [-0.3, -0.25) is 0 Å². The van der Waals surface area contributed by atoms with Gasteiger partial charge in [0.25, 0.3) is 0 Å². The summed E-state index contributed by atoms with van der Waals surface area (Å²) in [5.41, 5.74) is 2.25. The first kappa shape index (κ1) is 28.4. The predicted molar refractivity (Wildman–Crippen MR) is 155 cm³/mol. The number of aromatic nitrogens is 3. The largest absolute Gasteiger partial charge is 0.377 e. The van der Waals surface area contributed by atoms with E-state index in [1.807, 2.05) is 12.3 Å². The Hall–Kier alpha value is -3.09. The monoisotopic (exact) mass is 572 g/mol. The fourth-order valence-corrected chi connectivity index (χ4v) is 6.78. The first-order valence-corrected chi connectivity index (χ1v) is 15.5. The summed E-state index contributed by atoms with van der Waals surface area (Å²) < 4.78 is 48.9. The van der Waals surface area contributed by atoms with Crippen molar-refractivity contribution in [3.05, 3.63) is 42.2 Å². The standard InChI is InChI=1S/C28H37FN6O4S/c1-17(2)19-6-7-23(34-12-18(13-34)16-40(5,36)37)21-11-31-26(10-20(19)21)32-25-8-9-30-28(33-25)35-14-22(29)27(39-4)24(15-35)38-3/h6-11,17-18,22,24,27H,12-16H2,1-5H3,(H,30,31,32,33)/t22-,24+,27-/m1/s1. The second kappa shape index (κ2) is 11.4. The van der Waals surface area contributed by atoms with E-state index in [2.05, 4.69) is 51.1 Å². The van der Waals surface area contributed by atoms with Crippen molar-refractivity contribution in [3.8, 4) is 0 Å². The first-order chi connectivity index (χ1) is 19.1. The molecule has 0 unspecified atom stereocenters. The van der Waals surface area contributed by atoms with Crippen LogP contribution in [0.25, 0.3) is 10.8 Å². The van der Waals surface area contributed by atoms with E-state index < -0.39 is 28.2 Å². The Labute approximate surface area is 234 Å². The Morgan fingerprint density at radius 3 is 2.48 bits per heavy atom. The highest BCUT2D eigenvalue weighted by atomic mass is 32.2. The average Bonchev–Trinajstić information content (AvgIpc) is 2.89. The van der Waals surface area contributed by atoms with Crippen LogP contribution < -0.4 is 15.1 Å². The van der Waals surface area contributed by atoms with Gasteiger partial charge in [-0.25, -0.2) is 22.8 Å². The van der Waals surface area contributed by atoms with Crippen LogP contribution in [0.4, 0.5) is 27.7 Å². The molecule has 1 N–H and O–H groups in total. The summed E-state index contributed by atoms with van der Waals surface area (Å²) in [5.74, 6) is 2.22. The van der Waals surface area contributed by atoms with Gasteiger partial charge in [-0.1, -0.05) is 19.9 Å². The van der Waals surface area contributed by atoms with Gasteiger partial charge in [-0.05, 0) is 35.1 Å². The SMILES string of the molecule is CO[C@@H]1[C@H](F)CN(c2nccc(Nc3cc4c(C(C)C)ccc(N5CC(CS(C)(=O)=O)C5)c4cn3)n2)C[C@@H]1OC. The molecule has 12 heteroatoms. The van der Waals surface area contributed by atoms with Crippen LogP contribution in [0, 0.1) is 5.92 Å². The van der Waals surface area contributed by atoms with E-state index in [9.17, 15) is 12.8 Å². The van der Waals surface area contributed by atoms with Crippen molar-refractivity contribution >= 4 is 43.9 Å². The Morgan fingerprint density at radius 2 is 1.80 bits per heavy atom. The van der Waals surface area contributed by atoms with Crippen molar-refractivity contribution < 1.29 is 22.3 Å². The summed E-state index contributed by atoms with van der Waals surface area (Å²) in [7, 11) is 0.0373. The molecule has 10 nitrogen and oxygen atoms in total. The highest BCUT2D eigenvalue weighted by Gasteiger charge is 2.38. The lowest BCUT2D eigenvalue weighted by atomic mass is 9.93. The molecule has 216 valence electrons. The molecule has 3 aromatic rings. The van der Waals surface area contributed by atoms with Crippen LogP contribution in [0.1, 0.15) is 25.3 Å². The normalized spacial score (nSPS) is 22.1. The zero-order valence-corrected chi connectivity index (χ0v) is 24.4. The Morgan fingerprint density at radius 1 is 1.02 bits per heavy atom. The van der Waals surface area contributed by atoms with E-state index >= 15 is 0 Å². The molecule has 40 heavy (non-hydrogen) atoms. The molecule has 3 atom stereocenters. The number of ether oxygens (including phenoxy) is 2. The third kappa shape index (κ3) is 5.98. The zero-order valence-electron chi connectivity index (χ0n) is 23.5. The summed E-state index contributed by atoms with van der Waals surface area (Å²) in [4.78, 5) is 17.7. The number of halogens is 1. The van der Waals surface area contributed by atoms with E-state index in [1.165, 1.54) is 18.9 Å². The Bertz CT molecular complexity index is 1470. The van der Waals surface area contributed by atoms with Crippen molar-refractivity contribution in [3.63, 3.8) is 0 Å². The minimum absolute atomic E-state index is 0.109. The summed E-state index contributed by atoms with van der Waals surface area (Å²) in [6.07, 6.45) is 2.48. The van der Waals surface area contributed by atoms with Gasteiger partial charge in [0.15, 0.2) is 0 Å². The van der Waals surface area contributed by atoms with E-state index in [1.54, 1.807) is 24.3 Å². The molecule has 2 fully saturated rings. The van der Waals surface area contributed by atoms with Crippen LogP contribution in [-0.2, 0) is 19.3 Å². The minimum atomic E-state index is -3.00. The number of piperidine rings is 1. The summed E-state index contributed by atoms with van der Waals surface area (Å²) in [6, 6.07) is 8.02. The molecule has 2 aliphatic rings.